The number of methoxy groups -OCH3 is 3. The Hall–Kier alpha value is -2.36. The number of benzene rings is 2. The number of hydrogen-bond acceptors (Lipinski definition) is 5. The van der Waals surface area contributed by atoms with Crippen molar-refractivity contribution in [2.75, 3.05) is 52.9 Å². The molecule has 0 aliphatic heterocycles. The van der Waals surface area contributed by atoms with Gasteiger partial charge in [0.1, 0.15) is 0 Å². The lowest BCUT2D eigenvalue weighted by Gasteiger charge is -2.19. The zero-order valence-electron chi connectivity index (χ0n) is 19.1. The number of nitrogens with one attached hydrogen (secondary N) is 2. The molecule has 31 heavy (non-hydrogen) atoms. The molecule has 7 nitrogen and oxygen atoms in total. The fraction of sp³-hybridized carbons (Fsp3) is 0.435. The lowest BCUT2D eigenvalue weighted by Crippen LogP contribution is -2.38. The summed E-state index contributed by atoms with van der Waals surface area (Å²) in [4.78, 5) is 6.95. The highest BCUT2D eigenvalue weighted by Crippen LogP contribution is 2.38. The molecule has 0 aromatic heterocycles. The largest absolute Gasteiger partial charge is 0.493 e. The van der Waals surface area contributed by atoms with Crippen LogP contribution in [0.25, 0.3) is 0 Å². The Labute approximate surface area is 203 Å². The van der Waals surface area contributed by atoms with Crippen molar-refractivity contribution in [2.24, 2.45) is 4.99 Å². The van der Waals surface area contributed by atoms with Crippen molar-refractivity contribution in [3.8, 4) is 17.2 Å². The van der Waals surface area contributed by atoms with Gasteiger partial charge in [-0.15, -0.1) is 24.0 Å². The van der Waals surface area contributed by atoms with E-state index in [1.54, 1.807) is 21.3 Å². The molecule has 0 saturated heterocycles. The molecule has 2 aromatic carbocycles. The number of aliphatic imine (C=N–C) groups is 1. The first-order chi connectivity index (χ1) is 14.6. The molecule has 0 heterocycles. The third-order valence-electron chi connectivity index (χ3n) is 4.65. The molecule has 0 spiro atoms. The van der Waals surface area contributed by atoms with Gasteiger partial charge in [-0.1, -0.05) is 18.2 Å². The summed E-state index contributed by atoms with van der Waals surface area (Å²) in [5.74, 6) is 2.63. The minimum Gasteiger partial charge on any atom is -0.493 e. The summed E-state index contributed by atoms with van der Waals surface area (Å²) in [6, 6.07) is 14.2. The monoisotopic (exact) mass is 542 g/mol. The van der Waals surface area contributed by atoms with Gasteiger partial charge in [-0.05, 0) is 43.2 Å². The molecular weight excluding hydrogens is 507 g/mol. The number of rotatable bonds is 11. The lowest BCUT2D eigenvalue weighted by atomic mass is 10.2. The van der Waals surface area contributed by atoms with Crippen molar-refractivity contribution in [2.45, 2.75) is 19.9 Å². The Kier molecular flexibility index (Phi) is 12.6. The van der Waals surface area contributed by atoms with Crippen LogP contribution in [0.2, 0.25) is 0 Å². The normalized spacial score (nSPS) is 10.7. The third-order valence-corrected chi connectivity index (χ3v) is 4.65. The fourth-order valence-corrected chi connectivity index (χ4v) is 3.07. The first kappa shape index (κ1) is 26.7. The summed E-state index contributed by atoms with van der Waals surface area (Å²) in [5, 5.41) is 6.69. The number of ether oxygens (including phenoxy) is 3. The van der Waals surface area contributed by atoms with Crippen LogP contribution in [0.3, 0.4) is 0 Å². The molecule has 2 aromatic rings. The van der Waals surface area contributed by atoms with E-state index in [1.165, 1.54) is 5.69 Å². The molecule has 0 atom stereocenters. The average molecular weight is 542 g/mol. The first-order valence-corrected chi connectivity index (χ1v) is 10.2. The second kappa shape index (κ2) is 14.6. The number of guanidine groups is 1. The third kappa shape index (κ3) is 8.35. The SMILES string of the molecule is CCNC(=NCc1cc(OC)c(OC)c(OC)c1)NCCCN(C)c1ccccc1.I. The van der Waals surface area contributed by atoms with Crippen LogP contribution < -0.4 is 29.7 Å². The Bertz CT molecular complexity index is 778. The van der Waals surface area contributed by atoms with Gasteiger partial charge in [-0.25, -0.2) is 4.99 Å². The smallest absolute Gasteiger partial charge is 0.203 e. The van der Waals surface area contributed by atoms with Crippen LogP contribution in [0.15, 0.2) is 47.5 Å². The van der Waals surface area contributed by atoms with Gasteiger partial charge < -0.3 is 29.7 Å². The molecule has 0 amide bonds. The van der Waals surface area contributed by atoms with E-state index < -0.39 is 0 Å². The minimum absolute atomic E-state index is 0. The highest BCUT2D eigenvalue weighted by molar-refractivity contribution is 14.0. The second-order valence-corrected chi connectivity index (χ2v) is 6.77. The molecule has 0 unspecified atom stereocenters. The van der Waals surface area contributed by atoms with Crippen LogP contribution in [0.5, 0.6) is 17.2 Å². The molecule has 172 valence electrons. The molecule has 0 aliphatic carbocycles. The molecule has 2 N–H and O–H groups in total. The van der Waals surface area contributed by atoms with Crippen LogP contribution in [0, 0.1) is 0 Å². The Morgan fingerprint density at radius 1 is 0.968 bits per heavy atom. The van der Waals surface area contributed by atoms with Crippen molar-refractivity contribution in [3.05, 3.63) is 48.0 Å². The van der Waals surface area contributed by atoms with E-state index in [9.17, 15) is 0 Å². The van der Waals surface area contributed by atoms with E-state index in [0.717, 1.165) is 37.6 Å². The van der Waals surface area contributed by atoms with Gasteiger partial charge in [0, 0.05) is 32.4 Å². The maximum atomic E-state index is 5.42. The Morgan fingerprint density at radius 2 is 1.61 bits per heavy atom. The summed E-state index contributed by atoms with van der Waals surface area (Å²) in [6.45, 7) is 5.14. The molecule has 0 aliphatic rings. The number of para-hydroxylation sites is 1. The van der Waals surface area contributed by atoms with E-state index in [0.29, 0.717) is 23.8 Å². The van der Waals surface area contributed by atoms with E-state index in [4.69, 9.17) is 19.2 Å². The van der Waals surface area contributed by atoms with E-state index in [1.807, 2.05) is 18.2 Å². The predicted molar refractivity (Wildman–Crippen MR) is 139 cm³/mol. The Morgan fingerprint density at radius 3 is 2.16 bits per heavy atom. The van der Waals surface area contributed by atoms with Crippen molar-refractivity contribution in [1.82, 2.24) is 10.6 Å². The molecule has 0 fully saturated rings. The van der Waals surface area contributed by atoms with Gasteiger partial charge in [0.25, 0.3) is 0 Å². The predicted octanol–water partition coefficient (Wildman–Crippen LogP) is 3.91. The molecule has 8 heteroatoms. The molecule has 0 saturated carbocycles. The van der Waals surface area contributed by atoms with Crippen molar-refractivity contribution < 1.29 is 14.2 Å². The van der Waals surface area contributed by atoms with Gasteiger partial charge in [0.05, 0.1) is 27.9 Å². The van der Waals surface area contributed by atoms with Crippen LogP contribution in [-0.2, 0) is 6.54 Å². The number of halogens is 1. The van der Waals surface area contributed by atoms with Gasteiger partial charge >= 0.3 is 0 Å². The maximum absolute atomic E-state index is 5.42. The highest BCUT2D eigenvalue weighted by atomic mass is 127. The quantitative estimate of drug-likeness (QED) is 0.194. The van der Waals surface area contributed by atoms with Crippen molar-refractivity contribution >= 4 is 35.6 Å². The minimum atomic E-state index is 0. The van der Waals surface area contributed by atoms with Crippen LogP contribution in [0.4, 0.5) is 5.69 Å². The first-order valence-electron chi connectivity index (χ1n) is 10.2. The Balaban J connectivity index is 0.00000480. The maximum Gasteiger partial charge on any atom is 0.203 e. The van der Waals surface area contributed by atoms with Gasteiger partial charge in [0.2, 0.25) is 5.75 Å². The average Bonchev–Trinajstić information content (AvgIpc) is 2.79. The molecule has 0 radical (unpaired) electrons. The summed E-state index contributed by atoms with van der Waals surface area (Å²) in [5.41, 5.74) is 2.20. The number of nitrogens with zero attached hydrogens (tertiary/aromatic N) is 2. The summed E-state index contributed by atoms with van der Waals surface area (Å²) in [7, 11) is 6.94. The van der Waals surface area contributed by atoms with E-state index >= 15 is 0 Å². The van der Waals surface area contributed by atoms with Gasteiger partial charge in [0.15, 0.2) is 17.5 Å². The molecular formula is C23H35IN4O3. The van der Waals surface area contributed by atoms with Gasteiger partial charge in [-0.3, -0.25) is 0 Å². The highest BCUT2D eigenvalue weighted by Gasteiger charge is 2.13. The molecule has 0 bridgehead atoms. The summed E-state index contributed by atoms with van der Waals surface area (Å²) < 4.78 is 16.2. The summed E-state index contributed by atoms with van der Waals surface area (Å²) >= 11 is 0. The zero-order chi connectivity index (χ0) is 21.8. The van der Waals surface area contributed by atoms with E-state index in [-0.39, 0.29) is 24.0 Å². The number of hydrogen-bond donors (Lipinski definition) is 2. The lowest BCUT2D eigenvalue weighted by molar-refractivity contribution is 0.324. The zero-order valence-corrected chi connectivity index (χ0v) is 21.4. The van der Waals surface area contributed by atoms with Crippen LogP contribution in [0.1, 0.15) is 18.9 Å². The molecule has 2 rings (SSSR count). The van der Waals surface area contributed by atoms with Crippen molar-refractivity contribution in [1.29, 1.82) is 0 Å². The fourth-order valence-electron chi connectivity index (χ4n) is 3.07. The summed E-state index contributed by atoms with van der Waals surface area (Å²) in [6.07, 6.45) is 1.000. The second-order valence-electron chi connectivity index (χ2n) is 6.77. The topological polar surface area (TPSA) is 67.4 Å². The van der Waals surface area contributed by atoms with Crippen LogP contribution >= 0.6 is 24.0 Å². The standard InChI is InChI=1S/C23H34N4O3.HI/c1-6-24-23(25-13-10-14-27(2)19-11-8-7-9-12-19)26-17-18-15-20(28-3)22(30-5)21(16-18)29-4;/h7-9,11-12,15-16H,6,10,13-14,17H2,1-5H3,(H2,24,25,26);1H. The van der Waals surface area contributed by atoms with E-state index in [2.05, 4.69) is 53.8 Å². The number of anilines is 1. The van der Waals surface area contributed by atoms with Crippen molar-refractivity contribution in [3.63, 3.8) is 0 Å². The van der Waals surface area contributed by atoms with Crippen LogP contribution in [-0.4, -0.2) is 54.0 Å². The van der Waals surface area contributed by atoms with Gasteiger partial charge in [-0.2, -0.15) is 0 Å².